The number of aromatic nitrogens is 1. The summed E-state index contributed by atoms with van der Waals surface area (Å²) in [5.41, 5.74) is -0.688. The van der Waals surface area contributed by atoms with Gasteiger partial charge in [-0.2, -0.15) is 0 Å². The van der Waals surface area contributed by atoms with Crippen LogP contribution in [0.2, 0.25) is 0 Å². The minimum atomic E-state index is -1.31. The van der Waals surface area contributed by atoms with Crippen molar-refractivity contribution in [3.63, 3.8) is 0 Å². The first-order chi connectivity index (χ1) is 5.13. The number of hydrogen-bond donors (Lipinski definition) is 0. The monoisotopic (exact) mass is 177 g/mol. The molecule has 0 aliphatic rings. The molecule has 1 rings (SSSR count). The molecule has 0 N–H and O–H groups in total. The number of hydrogen-bond acceptors (Lipinski definition) is 2. The number of pyridine rings is 1. The highest BCUT2D eigenvalue weighted by atomic mass is 35.5. The van der Waals surface area contributed by atoms with Gasteiger partial charge in [0.05, 0.1) is 0 Å². The number of halogens is 3. The molecule has 1 aromatic heterocycles. The van der Waals surface area contributed by atoms with Crippen LogP contribution in [-0.2, 0) is 0 Å². The van der Waals surface area contributed by atoms with Crippen molar-refractivity contribution < 1.29 is 13.6 Å². The molecule has 0 saturated heterocycles. The molecule has 0 atom stereocenters. The standard InChI is InChI=1S/C6H2ClF2NO/c7-6(11)5-4(9)3(8)1-2-10-5/h1-2H. The third kappa shape index (κ3) is 1.51. The van der Waals surface area contributed by atoms with Crippen molar-refractivity contribution >= 4 is 16.8 Å². The molecule has 0 aliphatic heterocycles. The molecular weight excluding hydrogens is 176 g/mol. The molecule has 58 valence electrons. The summed E-state index contributed by atoms with van der Waals surface area (Å²) in [6, 6.07) is 0.804. The van der Waals surface area contributed by atoms with Crippen LogP contribution in [0.1, 0.15) is 10.5 Å². The Bertz CT molecular complexity index is 303. The van der Waals surface area contributed by atoms with E-state index >= 15 is 0 Å². The van der Waals surface area contributed by atoms with E-state index in [0.29, 0.717) is 0 Å². The lowest BCUT2D eigenvalue weighted by atomic mass is 10.3. The smallest absolute Gasteiger partial charge is 0.273 e. The molecule has 5 heteroatoms. The van der Waals surface area contributed by atoms with Gasteiger partial charge in [-0.05, 0) is 17.7 Å². The van der Waals surface area contributed by atoms with E-state index in [-0.39, 0.29) is 0 Å². The van der Waals surface area contributed by atoms with Gasteiger partial charge in [0.2, 0.25) is 0 Å². The molecular formula is C6H2ClF2NO. The van der Waals surface area contributed by atoms with Gasteiger partial charge in [0.25, 0.3) is 5.24 Å². The van der Waals surface area contributed by atoms with E-state index < -0.39 is 22.6 Å². The van der Waals surface area contributed by atoms with Crippen LogP contribution in [0.3, 0.4) is 0 Å². The molecule has 2 nitrogen and oxygen atoms in total. The van der Waals surface area contributed by atoms with E-state index in [0.717, 1.165) is 12.3 Å². The molecule has 0 radical (unpaired) electrons. The van der Waals surface area contributed by atoms with E-state index in [9.17, 15) is 13.6 Å². The lowest BCUT2D eigenvalue weighted by molar-refractivity contribution is 0.107. The average molecular weight is 178 g/mol. The molecule has 1 heterocycles. The normalized spacial score (nSPS) is 9.73. The summed E-state index contributed by atoms with van der Waals surface area (Å²) in [5, 5.41) is -1.11. The second-order valence-corrected chi connectivity index (χ2v) is 2.07. The third-order valence-corrected chi connectivity index (χ3v) is 1.21. The second kappa shape index (κ2) is 2.92. The Labute approximate surface area is 65.8 Å². The Morgan fingerprint density at radius 3 is 2.64 bits per heavy atom. The minimum Gasteiger partial charge on any atom is -0.274 e. The Hall–Kier alpha value is -1.03. The van der Waals surface area contributed by atoms with Gasteiger partial charge in [0.15, 0.2) is 17.3 Å². The zero-order chi connectivity index (χ0) is 8.43. The first-order valence-corrected chi connectivity index (χ1v) is 3.00. The summed E-state index contributed by atoms with van der Waals surface area (Å²) < 4.78 is 24.8. The van der Waals surface area contributed by atoms with Crippen LogP contribution in [0.4, 0.5) is 8.78 Å². The van der Waals surface area contributed by atoms with Crippen molar-refractivity contribution in [2.75, 3.05) is 0 Å². The molecule has 11 heavy (non-hydrogen) atoms. The van der Waals surface area contributed by atoms with Gasteiger partial charge in [0.1, 0.15) is 0 Å². The molecule has 0 aromatic carbocycles. The molecule has 0 fully saturated rings. The quantitative estimate of drug-likeness (QED) is 0.612. The van der Waals surface area contributed by atoms with E-state index in [1.165, 1.54) is 0 Å². The number of rotatable bonds is 1. The van der Waals surface area contributed by atoms with Crippen LogP contribution in [0.5, 0.6) is 0 Å². The number of nitrogens with zero attached hydrogens (tertiary/aromatic N) is 1. The molecule has 0 spiro atoms. The molecule has 0 aliphatic carbocycles. The topological polar surface area (TPSA) is 30.0 Å². The van der Waals surface area contributed by atoms with Crippen molar-refractivity contribution in [1.82, 2.24) is 4.98 Å². The van der Waals surface area contributed by atoms with E-state index in [2.05, 4.69) is 4.98 Å². The minimum absolute atomic E-state index is 0.688. The zero-order valence-corrected chi connectivity index (χ0v) is 5.90. The van der Waals surface area contributed by atoms with Gasteiger partial charge in [-0.15, -0.1) is 0 Å². The fourth-order valence-electron chi connectivity index (χ4n) is 0.557. The Morgan fingerprint density at radius 2 is 2.18 bits per heavy atom. The van der Waals surface area contributed by atoms with Crippen LogP contribution >= 0.6 is 11.6 Å². The fraction of sp³-hybridized carbons (Fsp3) is 0. The Morgan fingerprint density at radius 1 is 1.55 bits per heavy atom. The lowest BCUT2D eigenvalue weighted by Gasteiger charge is -1.94. The maximum absolute atomic E-state index is 12.5. The van der Waals surface area contributed by atoms with Crippen LogP contribution < -0.4 is 0 Å². The van der Waals surface area contributed by atoms with Gasteiger partial charge in [0, 0.05) is 6.20 Å². The fourth-order valence-corrected chi connectivity index (χ4v) is 0.689. The van der Waals surface area contributed by atoms with Gasteiger partial charge >= 0.3 is 0 Å². The van der Waals surface area contributed by atoms with Crippen molar-refractivity contribution in [1.29, 1.82) is 0 Å². The molecule has 0 saturated carbocycles. The molecule has 0 bridgehead atoms. The van der Waals surface area contributed by atoms with Gasteiger partial charge in [-0.1, -0.05) is 0 Å². The SMILES string of the molecule is O=C(Cl)c1nccc(F)c1F. The lowest BCUT2D eigenvalue weighted by Crippen LogP contribution is -2.00. The predicted octanol–water partition coefficient (Wildman–Crippen LogP) is 1.74. The molecule has 1 aromatic rings. The van der Waals surface area contributed by atoms with Crippen molar-refractivity contribution in [3.8, 4) is 0 Å². The Balaban J connectivity index is 3.27. The summed E-state index contributed by atoms with van der Waals surface area (Å²) in [4.78, 5) is 13.6. The van der Waals surface area contributed by atoms with Gasteiger partial charge < -0.3 is 0 Å². The van der Waals surface area contributed by atoms with Crippen molar-refractivity contribution in [2.45, 2.75) is 0 Å². The summed E-state index contributed by atoms with van der Waals surface area (Å²) in [7, 11) is 0. The van der Waals surface area contributed by atoms with Gasteiger partial charge in [-0.25, -0.2) is 13.8 Å². The average Bonchev–Trinajstić information content (AvgIpc) is 1.94. The van der Waals surface area contributed by atoms with Crippen LogP contribution in [0.15, 0.2) is 12.3 Å². The highest BCUT2D eigenvalue weighted by Crippen LogP contribution is 2.09. The number of carbonyl (C=O) groups is 1. The summed E-state index contributed by atoms with van der Waals surface area (Å²) in [5.74, 6) is -2.45. The Kier molecular flexibility index (Phi) is 2.14. The van der Waals surface area contributed by atoms with Gasteiger partial charge in [-0.3, -0.25) is 4.79 Å². The maximum atomic E-state index is 12.5. The number of carbonyl (C=O) groups excluding carboxylic acids is 1. The summed E-state index contributed by atoms with van der Waals surface area (Å²) in [6.07, 6.45) is 0.966. The van der Waals surface area contributed by atoms with E-state index in [1.807, 2.05) is 0 Å². The van der Waals surface area contributed by atoms with Crippen molar-refractivity contribution in [2.24, 2.45) is 0 Å². The predicted molar refractivity (Wildman–Crippen MR) is 34.3 cm³/mol. The summed E-state index contributed by atoms with van der Waals surface area (Å²) >= 11 is 4.87. The highest BCUT2D eigenvalue weighted by molar-refractivity contribution is 6.67. The largest absolute Gasteiger partial charge is 0.274 e. The van der Waals surface area contributed by atoms with E-state index in [4.69, 9.17) is 11.6 Å². The first-order valence-electron chi connectivity index (χ1n) is 2.62. The third-order valence-electron chi connectivity index (χ3n) is 1.03. The van der Waals surface area contributed by atoms with Crippen LogP contribution in [0.25, 0.3) is 0 Å². The van der Waals surface area contributed by atoms with E-state index in [1.54, 1.807) is 0 Å². The summed E-state index contributed by atoms with van der Waals surface area (Å²) in [6.45, 7) is 0. The van der Waals surface area contributed by atoms with Crippen LogP contribution in [0, 0.1) is 11.6 Å². The first kappa shape index (κ1) is 8.07. The van der Waals surface area contributed by atoms with Crippen molar-refractivity contribution in [3.05, 3.63) is 29.6 Å². The molecule has 0 amide bonds. The zero-order valence-electron chi connectivity index (χ0n) is 5.14. The maximum Gasteiger partial charge on any atom is 0.273 e. The molecule has 0 unspecified atom stereocenters. The second-order valence-electron chi connectivity index (χ2n) is 1.73. The van der Waals surface area contributed by atoms with Crippen LogP contribution in [-0.4, -0.2) is 10.2 Å². The highest BCUT2D eigenvalue weighted by Gasteiger charge is 2.13.